The van der Waals surface area contributed by atoms with Crippen molar-refractivity contribution in [3.8, 4) is 0 Å². The first-order chi connectivity index (χ1) is 13.2. The molecule has 2 aliphatic rings. The van der Waals surface area contributed by atoms with Gasteiger partial charge in [-0.25, -0.2) is 0 Å². The quantitative estimate of drug-likeness (QED) is 0.734. The number of fused-ring (bicyclic) bond motifs is 1. The zero-order chi connectivity index (χ0) is 18.6. The second-order valence-corrected chi connectivity index (χ2v) is 7.67. The van der Waals surface area contributed by atoms with Crippen molar-refractivity contribution < 1.29 is 14.3 Å². The Hall–Kier alpha value is -2.05. The number of carbonyl (C=O) groups excluding carboxylic acids is 1. The molecule has 146 valence electrons. The Morgan fingerprint density at radius 1 is 1.22 bits per heavy atom. The Bertz CT molecular complexity index is 760. The zero-order valence-corrected chi connectivity index (χ0v) is 16.0. The number of ether oxygens (including phenoxy) is 2. The Balaban J connectivity index is 1.35. The summed E-state index contributed by atoms with van der Waals surface area (Å²) in [4.78, 5) is 14.9. The molecule has 0 bridgehead atoms. The molecule has 6 heteroatoms. The molecule has 2 aromatic rings. The molecule has 0 spiro atoms. The largest absolute Gasteiger partial charge is 0.381 e. The highest BCUT2D eigenvalue weighted by Crippen LogP contribution is 2.26. The Morgan fingerprint density at radius 2 is 2.04 bits per heavy atom. The van der Waals surface area contributed by atoms with Crippen LogP contribution >= 0.6 is 0 Å². The standard InChI is InChI=1S/C21H29N3O3/c1-22-9-3-5-20(22)21(25)23-14-18-4-2-10-24(18)19(15-23)8-13-27-16-17-6-11-26-12-7-17/h2-5,9-10,17,19H,6-8,11-16H2,1H3. The molecular formula is C21H29N3O3. The zero-order valence-electron chi connectivity index (χ0n) is 16.0. The molecule has 0 N–H and O–H groups in total. The third kappa shape index (κ3) is 4.12. The van der Waals surface area contributed by atoms with E-state index in [1.165, 1.54) is 5.69 Å². The first-order valence-corrected chi connectivity index (χ1v) is 9.94. The number of aromatic nitrogens is 2. The fraction of sp³-hybridized carbons (Fsp3) is 0.571. The van der Waals surface area contributed by atoms with Crippen LogP contribution in [0, 0.1) is 5.92 Å². The van der Waals surface area contributed by atoms with Crippen molar-refractivity contribution >= 4 is 5.91 Å². The van der Waals surface area contributed by atoms with E-state index < -0.39 is 0 Å². The number of carbonyl (C=O) groups is 1. The van der Waals surface area contributed by atoms with Crippen molar-refractivity contribution in [2.75, 3.05) is 33.0 Å². The number of nitrogens with zero attached hydrogens (tertiary/aromatic N) is 3. The van der Waals surface area contributed by atoms with E-state index in [4.69, 9.17) is 9.47 Å². The summed E-state index contributed by atoms with van der Waals surface area (Å²) in [5.74, 6) is 0.728. The highest BCUT2D eigenvalue weighted by molar-refractivity contribution is 5.92. The van der Waals surface area contributed by atoms with Gasteiger partial charge in [-0.1, -0.05) is 0 Å². The molecule has 1 fully saturated rings. The first-order valence-electron chi connectivity index (χ1n) is 9.94. The van der Waals surface area contributed by atoms with E-state index in [2.05, 4.69) is 22.9 Å². The fourth-order valence-electron chi connectivity index (χ4n) is 4.13. The van der Waals surface area contributed by atoms with Crippen LogP contribution in [0.5, 0.6) is 0 Å². The molecule has 0 aromatic carbocycles. The molecule has 0 radical (unpaired) electrons. The third-order valence-electron chi connectivity index (χ3n) is 5.78. The van der Waals surface area contributed by atoms with Gasteiger partial charge in [-0.3, -0.25) is 4.79 Å². The lowest BCUT2D eigenvalue weighted by Gasteiger charge is -2.35. The van der Waals surface area contributed by atoms with Crippen LogP contribution in [0.3, 0.4) is 0 Å². The van der Waals surface area contributed by atoms with Crippen molar-refractivity contribution in [2.24, 2.45) is 13.0 Å². The van der Waals surface area contributed by atoms with E-state index in [9.17, 15) is 4.79 Å². The summed E-state index contributed by atoms with van der Waals surface area (Å²) in [5, 5.41) is 0. The Kier molecular flexibility index (Phi) is 5.64. The lowest BCUT2D eigenvalue weighted by Crippen LogP contribution is -2.41. The molecule has 1 saturated heterocycles. The molecule has 1 unspecified atom stereocenters. The monoisotopic (exact) mass is 371 g/mol. The highest BCUT2D eigenvalue weighted by Gasteiger charge is 2.28. The number of aryl methyl sites for hydroxylation is 1. The molecule has 2 aliphatic heterocycles. The predicted octanol–water partition coefficient (Wildman–Crippen LogP) is 2.86. The molecular weight excluding hydrogens is 342 g/mol. The average molecular weight is 371 g/mol. The number of hydrogen-bond donors (Lipinski definition) is 0. The van der Waals surface area contributed by atoms with Gasteiger partial charge in [0.15, 0.2) is 0 Å². The van der Waals surface area contributed by atoms with Gasteiger partial charge in [0.2, 0.25) is 0 Å². The molecule has 1 atom stereocenters. The maximum atomic E-state index is 12.9. The van der Waals surface area contributed by atoms with Gasteiger partial charge in [0, 0.05) is 58.1 Å². The SMILES string of the molecule is Cn1cccc1C(=O)N1Cc2cccn2C(CCOCC2CCOCC2)C1. The van der Waals surface area contributed by atoms with Gasteiger partial charge in [0.1, 0.15) is 5.69 Å². The van der Waals surface area contributed by atoms with Gasteiger partial charge in [0.05, 0.1) is 12.6 Å². The summed E-state index contributed by atoms with van der Waals surface area (Å²) in [6, 6.07) is 8.26. The van der Waals surface area contributed by atoms with Gasteiger partial charge in [-0.15, -0.1) is 0 Å². The van der Waals surface area contributed by atoms with Gasteiger partial charge >= 0.3 is 0 Å². The van der Waals surface area contributed by atoms with Crippen LogP contribution in [0.2, 0.25) is 0 Å². The molecule has 0 aliphatic carbocycles. The summed E-state index contributed by atoms with van der Waals surface area (Å²) < 4.78 is 15.6. The molecule has 4 heterocycles. The smallest absolute Gasteiger partial charge is 0.270 e. The Morgan fingerprint density at radius 3 is 2.81 bits per heavy atom. The number of hydrogen-bond acceptors (Lipinski definition) is 3. The summed E-state index contributed by atoms with van der Waals surface area (Å²) in [5.41, 5.74) is 1.93. The molecule has 1 amide bonds. The van der Waals surface area contributed by atoms with Crippen LogP contribution in [-0.2, 0) is 23.1 Å². The van der Waals surface area contributed by atoms with Crippen molar-refractivity contribution in [1.82, 2.24) is 14.0 Å². The number of amides is 1. The summed E-state index contributed by atoms with van der Waals surface area (Å²) >= 11 is 0. The first kappa shape index (κ1) is 18.3. The fourth-order valence-corrected chi connectivity index (χ4v) is 4.13. The minimum absolute atomic E-state index is 0.100. The summed E-state index contributed by atoms with van der Waals surface area (Å²) in [6.07, 6.45) is 7.17. The molecule has 2 aromatic heterocycles. The lowest BCUT2D eigenvalue weighted by atomic mass is 10.0. The second-order valence-electron chi connectivity index (χ2n) is 7.67. The minimum atomic E-state index is 0.100. The molecule has 0 saturated carbocycles. The van der Waals surface area contributed by atoms with E-state index in [-0.39, 0.29) is 11.9 Å². The van der Waals surface area contributed by atoms with E-state index >= 15 is 0 Å². The molecule has 6 nitrogen and oxygen atoms in total. The van der Waals surface area contributed by atoms with Crippen molar-refractivity contribution in [3.63, 3.8) is 0 Å². The second kappa shape index (κ2) is 8.31. The number of rotatable bonds is 6. The normalized spacial score (nSPS) is 20.6. The van der Waals surface area contributed by atoms with Gasteiger partial charge in [-0.2, -0.15) is 0 Å². The van der Waals surface area contributed by atoms with Crippen LogP contribution in [0.1, 0.15) is 41.5 Å². The lowest BCUT2D eigenvalue weighted by molar-refractivity contribution is 0.0161. The van der Waals surface area contributed by atoms with Crippen LogP contribution in [-0.4, -0.2) is 52.9 Å². The van der Waals surface area contributed by atoms with Crippen LogP contribution in [0.15, 0.2) is 36.7 Å². The van der Waals surface area contributed by atoms with E-state index in [1.807, 2.05) is 34.8 Å². The van der Waals surface area contributed by atoms with Crippen LogP contribution in [0.4, 0.5) is 0 Å². The van der Waals surface area contributed by atoms with Crippen molar-refractivity contribution in [1.29, 1.82) is 0 Å². The van der Waals surface area contributed by atoms with E-state index in [0.29, 0.717) is 12.5 Å². The average Bonchev–Trinajstić information content (AvgIpc) is 3.34. The van der Waals surface area contributed by atoms with Gasteiger partial charge in [0.25, 0.3) is 5.91 Å². The molecule has 4 rings (SSSR count). The van der Waals surface area contributed by atoms with Crippen LogP contribution < -0.4 is 0 Å². The summed E-state index contributed by atoms with van der Waals surface area (Å²) in [6.45, 7) is 4.66. The van der Waals surface area contributed by atoms with E-state index in [1.54, 1.807) is 0 Å². The van der Waals surface area contributed by atoms with Crippen LogP contribution in [0.25, 0.3) is 0 Å². The van der Waals surface area contributed by atoms with Gasteiger partial charge in [-0.05, 0) is 49.4 Å². The van der Waals surface area contributed by atoms with E-state index in [0.717, 1.165) is 57.9 Å². The topological polar surface area (TPSA) is 48.6 Å². The summed E-state index contributed by atoms with van der Waals surface area (Å²) in [7, 11) is 1.92. The highest BCUT2D eigenvalue weighted by atomic mass is 16.5. The Labute approximate surface area is 160 Å². The molecule has 27 heavy (non-hydrogen) atoms. The van der Waals surface area contributed by atoms with Crippen molar-refractivity contribution in [2.45, 2.75) is 31.8 Å². The van der Waals surface area contributed by atoms with Crippen molar-refractivity contribution in [3.05, 3.63) is 48.0 Å². The minimum Gasteiger partial charge on any atom is -0.381 e. The third-order valence-corrected chi connectivity index (χ3v) is 5.78. The maximum absolute atomic E-state index is 12.9. The predicted molar refractivity (Wildman–Crippen MR) is 103 cm³/mol. The maximum Gasteiger partial charge on any atom is 0.270 e. The van der Waals surface area contributed by atoms with Gasteiger partial charge < -0.3 is 23.5 Å².